The van der Waals surface area contributed by atoms with Crippen LogP contribution in [-0.2, 0) is 35.5 Å². The molecule has 3 nitrogen and oxygen atoms in total. The number of methoxy groups -OCH3 is 1. The molecule has 0 aliphatic heterocycles. The van der Waals surface area contributed by atoms with Gasteiger partial charge in [0.2, 0.25) is 0 Å². The summed E-state index contributed by atoms with van der Waals surface area (Å²) < 4.78 is 7.15. The molecule has 1 aromatic heterocycles. The third-order valence-corrected chi connectivity index (χ3v) is 7.88. The third kappa shape index (κ3) is 3.13. The standard InChI is InChI=1S/C29H33NO2/c1-28(2)13-14-29(3,4)25-16-22-20(15-24(25)28)11-12-21-23(17-30(5)26(21)22)18-7-9-19(10-8-18)27(31)32-6/h7-10,15-17H,11-14H2,1-6H3. The number of fused-ring (bicyclic) bond motifs is 4. The van der Waals surface area contributed by atoms with Crippen LogP contribution >= 0.6 is 0 Å². The van der Waals surface area contributed by atoms with Crippen molar-refractivity contribution in [1.29, 1.82) is 0 Å². The van der Waals surface area contributed by atoms with Gasteiger partial charge < -0.3 is 9.30 Å². The molecule has 2 aromatic carbocycles. The van der Waals surface area contributed by atoms with Gasteiger partial charge in [0.25, 0.3) is 0 Å². The smallest absolute Gasteiger partial charge is 0.337 e. The number of esters is 1. The summed E-state index contributed by atoms with van der Waals surface area (Å²) >= 11 is 0. The monoisotopic (exact) mass is 427 g/mol. The highest BCUT2D eigenvalue weighted by molar-refractivity contribution is 5.90. The minimum atomic E-state index is -0.295. The molecule has 0 saturated carbocycles. The van der Waals surface area contributed by atoms with Gasteiger partial charge in [-0.15, -0.1) is 0 Å². The van der Waals surface area contributed by atoms with Crippen LogP contribution in [0, 0.1) is 0 Å². The molecular weight excluding hydrogens is 394 g/mol. The number of aromatic nitrogens is 1. The van der Waals surface area contributed by atoms with Crippen molar-refractivity contribution in [1.82, 2.24) is 4.57 Å². The molecule has 5 rings (SSSR count). The number of rotatable bonds is 2. The fourth-order valence-corrected chi connectivity index (χ4v) is 5.78. The number of aryl methyl sites for hydroxylation is 2. The van der Waals surface area contributed by atoms with E-state index in [4.69, 9.17) is 4.74 Å². The predicted molar refractivity (Wildman–Crippen MR) is 130 cm³/mol. The van der Waals surface area contributed by atoms with Crippen molar-refractivity contribution in [2.24, 2.45) is 7.05 Å². The van der Waals surface area contributed by atoms with Gasteiger partial charge in [0, 0.05) is 24.4 Å². The van der Waals surface area contributed by atoms with Crippen LogP contribution < -0.4 is 0 Å². The molecule has 1 heterocycles. The zero-order valence-electron chi connectivity index (χ0n) is 20.1. The summed E-state index contributed by atoms with van der Waals surface area (Å²) in [6.07, 6.45) is 6.83. The SMILES string of the molecule is COC(=O)c1ccc(-c2cn(C)c3c2CCc2cc4c(cc2-3)C(C)(C)CCC4(C)C)cc1. The Morgan fingerprint density at radius 3 is 2.16 bits per heavy atom. The largest absolute Gasteiger partial charge is 0.465 e. The number of carbonyl (C=O) groups excluding carboxylic acids is 1. The lowest BCUT2D eigenvalue weighted by molar-refractivity contribution is 0.0600. The average Bonchev–Trinajstić information content (AvgIpc) is 3.12. The van der Waals surface area contributed by atoms with Crippen LogP contribution in [0.1, 0.15) is 73.1 Å². The normalized spacial score (nSPS) is 17.8. The van der Waals surface area contributed by atoms with Gasteiger partial charge in [-0.3, -0.25) is 0 Å². The van der Waals surface area contributed by atoms with Gasteiger partial charge in [0.1, 0.15) is 0 Å². The Morgan fingerprint density at radius 1 is 0.906 bits per heavy atom. The Hall–Kier alpha value is -2.81. The van der Waals surface area contributed by atoms with Crippen LogP contribution in [0.15, 0.2) is 42.6 Å². The topological polar surface area (TPSA) is 31.2 Å². The van der Waals surface area contributed by atoms with E-state index in [1.165, 1.54) is 53.5 Å². The average molecular weight is 428 g/mol. The first-order valence-corrected chi connectivity index (χ1v) is 11.7. The molecule has 2 aliphatic rings. The number of benzene rings is 2. The van der Waals surface area contributed by atoms with Gasteiger partial charge in [-0.25, -0.2) is 4.79 Å². The molecule has 0 amide bonds. The zero-order chi connectivity index (χ0) is 22.8. The number of nitrogens with zero attached hydrogens (tertiary/aromatic N) is 1. The van der Waals surface area contributed by atoms with Gasteiger partial charge in [0.05, 0.1) is 18.4 Å². The van der Waals surface area contributed by atoms with Crippen molar-refractivity contribution in [3.8, 4) is 22.4 Å². The Morgan fingerprint density at radius 2 is 1.53 bits per heavy atom. The van der Waals surface area contributed by atoms with Gasteiger partial charge in [-0.2, -0.15) is 0 Å². The van der Waals surface area contributed by atoms with Gasteiger partial charge in [-0.1, -0.05) is 45.9 Å². The van der Waals surface area contributed by atoms with Crippen molar-refractivity contribution >= 4 is 5.97 Å². The maximum Gasteiger partial charge on any atom is 0.337 e. The van der Waals surface area contributed by atoms with E-state index in [1.807, 2.05) is 24.3 Å². The Labute approximate surface area is 191 Å². The Bertz CT molecular complexity index is 1230. The minimum Gasteiger partial charge on any atom is -0.465 e. The summed E-state index contributed by atoms with van der Waals surface area (Å²) in [5, 5.41) is 0. The molecule has 3 heteroatoms. The Kier molecular flexibility index (Phi) is 4.67. The molecule has 166 valence electrons. The van der Waals surface area contributed by atoms with E-state index in [-0.39, 0.29) is 16.8 Å². The lowest BCUT2D eigenvalue weighted by Gasteiger charge is -2.43. The van der Waals surface area contributed by atoms with Crippen molar-refractivity contribution in [3.05, 3.63) is 70.4 Å². The molecule has 0 saturated heterocycles. The van der Waals surface area contributed by atoms with Crippen molar-refractivity contribution < 1.29 is 9.53 Å². The van der Waals surface area contributed by atoms with E-state index < -0.39 is 0 Å². The number of hydrogen-bond donors (Lipinski definition) is 0. The second kappa shape index (κ2) is 7.10. The summed E-state index contributed by atoms with van der Waals surface area (Å²) in [5.74, 6) is -0.295. The molecule has 0 fully saturated rings. The molecule has 2 aliphatic carbocycles. The van der Waals surface area contributed by atoms with E-state index in [0.29, 0.717) is 5.56 Å². The van der Waals surface area contributed by atoms with E-state index >= 15 is 0 Å². The van der Waals surface area contributed by atoms with Crippen LogP contribution in [0.25, 0.3) is 22.4 Å². The van der Waals surface area contributed by atoms with E-state index in [0.717, 1.165) is 18.4 Å². The van der Waals surface area contributed by atoms with Crippen molar-refractivity contribution in [2.75, 3.05) is 7.11 Å². The maximum atomic E-state index is 11.8. The molecule has 0 radical (unpaired) electrons. The van der Waals surface area contributed by atoms with Crippen molar-refractivity contribution in [3.63, 3.8) is 0 Å². The zero-order valence-corrected chi connectivity index (χ0v) is 20.1. The molecule has 0 unspecified atom stereocenters. The summed E-state index contributed by atoms with van der Waals surface area (Å²) in [5.41, 5.74) is 12.2. The molecule has 0 N–H and O–H groups in total. The highest BCUT2D eigenvalue weighted by atomic mass is 16.5. The van der Waals surface area contributed by atoms with E-state index in [1.54, 1.807) is 5.56 Å². The van der Waals surface area contributed by atoms with Crippen molar-refractivity contribution in [2.45, 2.75) is 64.2 Å². The fraction of sp³-hybridized carbons (Fsp3) is 0.414. The molecular formula is C29H33NO2. The number of carbonyl (C=O) groups is 1. The third-order valence-electron chi connectivity index (χ3n) is 7.88. The Balaban J connectivity index is 1.64. The fourth-order valence-electron chi connectivity index (χ4n) is 5.78. The second-order valence-electron chi connectivity index (χ2n) is 10.9. The van der Waals surface area contributed by atoms with Crippen LogP contribution in [0.2, 0.25) is 0 Å². The van der Waals surface area contributed by atoms with Gasteiger partial charge >= 0.3 is 5.97 Å². The van der Waals surface area contributed by atoms with Crippen LogP contribution in [-0.4, -0.2) is 17.6 Å². The summed E-state index contributed by atoms with van der Waals surface area (Å²) in [6, 6.07) is 12.8. The number of ether oxygens (including phenoxy) is 1. The molecule has 0 spiro atoms. The minimum absolute atomic E-state index is 0.204. The lowest BCUT2D eigenvalue weighted by Crippen LogP contribution is -2.34. The first-order chi connectivity index (χ1) is 15.1. The lowest BCUT2D eigenvalue weighted by atomic mass is 9.62. The van der Waals surface area contributed by atoms with Crippen LogP contribution in [0.5, 0.6) is 0 Å². The predicted octanol–water partition coefficient (Wildman–Crippen LogP) is 6.59. The first-order valence-electron chi connectivity index (χ1n) is 11.7. The maximum absolute atomic E-state index is 11.8. The van der Waals surface area contributed by atoms with Gasteiger partial charge in [0.15, 0.2) is 0 Å². The van der Waals surface area contributed by atoms with E-state index in [9.17, 15) is 4.79 Å². The summed E-state index contributed by atoms with van der Waals surface area (Å²) in [4.78, 5) is 11.8. The van der Waals surface area contributed by atoms with Crippen LogP contribution in [0.3, 0.4) is 0 Å². The number of hydrogen-bond acceptors (Lipinski definition) is 2. The van der Waals surface area contributed by atoms with Crippen LogP contribution in [0.4, 0.5) is 0 Å². The summed E-state index contributed by atoms with van der Waals surface area (Å²) in [6.45, 7) is 9.60. The molecule has 32 heavy (non-hydrogen) atoms. The second-order valence-corrected chi connectivity index (χ2v) is 10.9. The molecule has 0 atom stereocenters. The van der Waals surface area contributed by atoms with Gasteiger partial charge in [-0.05, 0) is 82.5 Å². The quantitative estimate of drug-likeness (QED) is 0.432. The molecule has 3 aromatic rings. The first kappa shape index (κ1) is 21.1. The van der Waals surface area contributed by atoms with E-state index in [2.05, 4.69) is 57.6 Å². The molecule has 0 bridgehead atoms. The highest BCUT2D eigenvalue weighted by Crippen LogP contribution is 2.49. The summed E-state index contributed by atoms with van der Waals surface area (Å²) in [7, 11) is 3.58. The highest BCUT2D eigenvalue weighted by Gasteiger charge is 2.38.